The highest BCUT2D eigenvalue weighted by Crippen LogP contribution is 2.33. The fourth-order valence-electron chi connectivity index (χ4n) is 0.937. The molecule has 0 spiro atoms. The molecule has 0 saturated carbocycles. The van der Waals surface area contributed by atoms with Gasteiger partial charge in [0, 0.05) is 6.07 Å². The number of primary amides is 1. The monoisotopic (exact) mass is 216 g/mol. The summed E-state index contributed by atoms with van der Waals surface area (Å²) in [5.41, 5.74) is 3.83. The standard InChI is InChI=1S/C7H5ClN2O4/c8-3-1-2-4(10(13)14)6(11)5(3)7(9)12/h1-2,11H,(H2,9,12). The van der Waals surface area contributed by atoms with E-state index in [1.807, 2.05) is 0 Å². The van der Waals surface area contributed by atoms with Gasteiger partial charge in [0.25, 0.3) is 5.91 Å². The summed E-state index contributed by atoms with van der Waals surface area (Å²) < 4.78 is 0. The molecule has 1 aromatic carbocycles. The highest BCUT2D eigenvalue weighted by Gasteiger charge is 2.22. The van der Waals surface area contributed by atoms with Crippen LogP contribution in [0.15, 0.2) is 12.1 Å². The smallest absolute Gasteiger partial charge is 0.311 e. The Hall–Kier alpha value is -1.82. The number of hydrogen-bond acceptors (Lipinski definition) is 4. The summed E-state index contributed by atoms with van der Waals surface area (Å²) in [7, 11) is 0. The summed E-state index contributed by atoms with van der Waals surface area (Å²) in [6.45, 7) is 0. The van der Waals surface area contributed by atoms with Crippen molar-refractivity contribution < 1.29 is 14.8 Å². The fourth-order valence-corrected chi connectivity index (χ4v) is 1.18. The van der Waals surface area contributed by atoms with Crippen LogP contribution in [0.25, 0.3) is 0 Å². The van der Waals surface area contributed by atoms with E-state index in [1.54, 1.807) is 0 Å². The van der Waals surface area contributed by atoms with Gasteiger partial charge in [-0.1, -0.05) is 11.6 Å². The molecular formula is C7H5ClN2O4. The third-order valence-corrected chi connectivity index (χ3v) is 1.86. The van der Waals surface area contributed by atoms with E-state index in [4.69, 9.17) is 17.3 Å². The maximum atomic E-state index is 10.8. The Morgan fingerprint density at radius 1 is 1.57 bits per heavy atom. The molecule has 3 N–H and O–H groups in total. The van der Waals surface area contributed by atoms with Crippen LogP contribution in [-0.2, 0) is 0 Å². The van der Waals surface area contributed by atoms with Gasteiger partial charge in [0.2, 0.25) is 5.75 Å². The largest absolute Gasteiger partial charge is 0.502 e. The SMILES string of the molecule is NC(=O)c1c(Cl)ccc([N+](=O)[O-])c1O. The quantitative estimate of drug-likeness (QED) is 0.569. The summed E-state index contributed by atoms with van der Waals surface area (Å²) in [4.78, 5) is 20.3. The lowest BCUT2D eigenvalue weighted by Gasteiger charge is -2.02. The first-order valence-corrected chi connectivity index (χ1v) is 3.78. The van der Waals surface area contributed by atoms with Crippen molar-refractivity contribution in [3.8, 4) is 5.75 Å². The van der Waals surface area contributed by atoms with Crippen molar-refractivity contribution in [2.24, 2.45) is 5.73 Å². The van der Waals surface area contributed by atoms with E-state index in [0.717, 1.165) is 12.1 Å². The molecule has 14 heavy (non-hydrogen) atoms. The molecule has 74 valence electrons. The van der Waals surface area contributed by atoms with Crippen molar-refractivity contribution in [2.75, 3.05) is 0 Å². The molecule has 7 heteroatoms. The molecule has 6 nitrogen and oxygen atoms in total. The van der Waals surface area contributed by atoms with Gasteiger partial charge in [0.05, 0.1) is 9.95 Å². The van der Waals surface area contributed by atoms with E-state index in [-0.39, 0.29) is 5.02 Å². The number of nitro groups is 1. The van der Waals surface area contributed by atoms with Crippen LogP contribution in [0.5, 0.6) is 5.75 Å². The highest BCUT2D eigenvalue weighted by molar-refractivity contribution is 6.34. The van der Waals surface area contributed by atoms with E-state index < -0.39 is 27.8 Å². The van der Waals surface area contributed by atoms with Crippen molar-refractivity contribution >= 4 is 23.2 Å². The van der Waals surface area contributed by atoms with E-state index in [0.29, 0.717) is 0 Å². The lowest BCUT2D eigenvalue weighted by atomic mass is 10.1. The maximum absolute atomic E-state index is 10.8. The first-order valence-electron chi connectivity index (χ1n) is 3.40. The molecular weight excluding hydrogens is 212 g/mol. The van der Waals surface area contributed by atoms with Crippen LogP contribution in [0, 0.1) is 10.1 Å². The number of benzene rings is 1. The Labute approximate surface area is 83.0 Å². The zero-order chi connectivity index (χ0) is 10.9. The predicted octanol–water partition coefficient (Wildman–Crippen LogP) is 1.05. The van der Waals surface area contributed by atoms with Gasteiger partial charge in [-0.05, 0) is 6.07 Å². The number of hydrogen-bond donors (Lipinski definition) is 2. The van der Waals surface area contributed by atoms with Crippen molar-refractivity contribution in [1.29, 1.82) is 0 Å². The molecule has 1 rings (SSSR count). The van der Waals surface area contributed by atoms with Crippen LogP contribution in [0.1, 0.15) is 10.4 Å². The van der Waals surface area contributed by atoms with Crippen molar-refractivity contribution in [2.45, 2.75) is 0 Å². The lowest BCUT2D eigenvalue weighted by molar-refractivity contribution is -0.385. The average molecular weight is 217 g/mol. The number of nitrogens with zero attached hydrogens (tertiary/aromatic N) is 1. The van der Waals surface area contributed by atoms with Crippen LogP contribution >= 0.6 is 11.6 Å². The van der Waals surface area contributed by atoms with E-state index in [2.05, 4.69) is 0 Å². The Bertz CT molecular complexity index is 418. The summed E-state index contributed by atoms with van der Waals surface area (Å²) in [6.07, 6.45) is 0. The van der Waals surface area contributed by atoms with Crippen molar-refractivity contribution in [3.05, 3.63) is 32.8 Å². The molecule has 1 aromatic rings. The molecule has 0 atom stereocenters. The minimum atomic E-state index is -1.02. The molecule has 1 amide bonds. The molecule has 0 radical (unpaired) electrons. The molecule has 0 aromatic heterocycles. The highest BCUT2D eigenvalue weighted by atomic mass is 35.5. The number of carbonyl (C=O) groups excluding carboxylic acids is 1. The summed E-state index contributed by atoms with van der Waals surface area (Å²) in [5.74, 6) is -1.83. The Morgan fingerprint density at radius 3 is 2.57 bits per heavy atom. The topological polar surface area (TPSA) is 106 Å². The minimum Gasteiger partial charge on any atom is -0.502 e. The van der Waals surface area contributed by atoms with Gasteiger partial charge in [-0.3, -0.25) is 14.9 Å². The molecule has 0 aliphatic carbocycles. The minimum absolute atomic E-state index is 0.124. The number of carbonyl (C=O) groups is 1. The number of nitrogens with two attached hydrogens (primary N) is 1. The molecule has 0 saturated heterocycles. The van der Waals surface area contributed by atoms with Crippen molar-refractivity contribution in [1.82, 2.24) is 0 Å². The van der Waals surface area contributed by atoms with Crippen LogP contribution in [0.4, 0.5) is 5.69 Å². The Morgan fingerprint density at radius 2 is 2.14 bits per heavy atom. The molecule has 0 unspecified atom stereocenters. The molecule has 0 fully saturated rings. The normalized spacial score (nSPS) is 9.79. The van der Waals surface area contributed by atoms with Crippen LogP contribution in [-0.4, -0.2) is 15.9 Å². The lowest BCUT2D eigenvalue weighted by Crippen LogP contribution is -2.12. The number of aromatic hydroxyl groups is 1. The maximum Gasteiger partial charge on any atom is 0.311 e. The average Bonchev–Trinajstić information content (AvgIpc) is 2.02. The Kier molecular flexibility index (Phi) is 2.57. The van der Waals surface area contributed by atoms with E-state index >= 15 is 0 Å². The molecule has 0 heterocycles. The predicted molar refractivity (Wildman–Crippen MR) is 48.3 cm³/mol. The number of halogens is 1. The van der Waals surface area contributed by atoms with Gasteiger partial charge in [0.1, 0.15) is 5.56 Å². The van der Waals surface area contributed by atoms with Crippen LogP contribution in [0.3, 0.4) is 0 Å². The van der Waals surface area contributed by atoms with Gasteiger partial charge in [0.15, 0.2) is 0 Å². The number of amides is 1. The van der Waals surface area contributed by atoms with Gasteiger partial charge >= 0.3 is 5.69 Å². The zero-order valence-corrected chi connectivity index (χ0v) is 7.49. The molecule has 0 aliphatic rings. The first kappa shape index (κ1) is 10.3. The van der Waals surface area contributed by atoms with E-state index in [1.165, 1.54) is 0 Å². The summed E-state index contributed by atoms with van der Waals surface area (Å²) >= 11 is 5.52. The zero-order valence-electron chi connectivity index (χ0n) is 6.73. The number of nitro benzene ring substituents is 1. The second kappa shape index (κ2) is 3.51. The van der Waals surface area contributed by atoms with Gasteiger partial charge in [-0.2, -0.15) is 0 Å². The van der Waals surface area contributed by atoms with E-state index in [9.17, 15) is 20.0 Å². The van der Waals surface area contributed by atoms with Gasteiger partial charge < -0.3 is 10.8 Å². The number of phenols is 1. The third-order valence-electron chi connectivity index (χ3n) is 1.55. The second-order valence-electron chi connectivity index (χ2n) is 2.41. The van der Waals surface area contributed by atoms with Gasteiger partial charge in [-0.25, -0.2) is 0 Å². The summed E-state index contributed by atoms with van der Waals surface area (Å²) in [5, 5.41) is 19.5. The number of rotatable bonds is 2. The van der Waals surface area contributed by atoms with Crippen molar-refractivity contribution in [3.63, 3.8) is 0 Å². The first-order chi connectivity index (χ1) is 6.45. The molecule has 0 bridgehead atoms. The second-order valence-corrected chi connectivity index (χ2v) is 2.82. The molecule has 0 aliphatic heterocycles. The summed E-state index contributed by atoms with van der Waals surface area (Å²) in [6, 6.07) is 2.11. The van der Waals surface area contributed by atoms with Gasteiger partial charge in [-0.15, -0.1) is 0 Å². The van der Waals surface area contributed by atoms with Crippen LogP contribution in [0.2, 0.25) is 5.02 Å². The Balaban J connectivity index is 3.49. The third kappa shape index (κ3) is 1.60. The van der Waals surface area contributed by atoms with Crippen LogP contribution < -0.4 is 5.73 Å². The fraction of sp³-hybridized carbons (Fsp3) is 0.